The number of nitrogens with zero attached hydrogens (tertiary/aromatic N) is 1. The van der Waals surface area contributed by atoms with E-state index in [4.69, 9.17) is 18.1 Å². The van der Waals surface area contributed by atoms with Gasteiger partial charge in [-0.25, -0.2) is 5.84 Å². The van der Waals surface area contributed by atoms with Crippen molar-refractivity contribution in [3.05, 3.63) is 17.5 Å². The summed E-state index contributed by atoms with van der Waals surface area (Å²) in [5.41, 5.74) is 4.94. The number of thiocarbonyl (C=S) groups is 1. The van der Waals surface area contributed by atoms with Crippen molar-refractivity contribution in [2.45, 2.75) is 25.3 Å². The largest absolute Gasteiger partial charge is 0.359 e. The average molecular weight is 211 g/mol. The van der Waals surface area contributed by atoms with Gasteiger partial charge in [0.05, 0.1) is 6.20 Å². The third kappa shape index (κ3) is 1.85. The number of aryl methyl sites for hydroxylation is 1. The molecule has 1 aliphatic rings. The standard InChI is InChI=1S/C8H13N5S/c9-12-8(14)11-6-2-1-5-4-10-13-7(5)3-6/h4,6H,1-3,9H2,(H,10,13)(H2,11,12,14). The number of hydrogen-bond donors (Lipinski definition) is 4. The van der Waals surface area contributed by atoms with Gasteiger partial charge in [-0.15, -0.1) is 0 Å². The lowest BCUT2D eigenvalue weighted by Crippen LogP contribution is -2.46. The van der Waals surface area contributed by atoms with Crippen LogP contribution in [0.5, 0.6) is 0 Å². The van der Waals surface area contributed by atoms with E-state index in [1.165, 1.54) is 11.3 Å². The van der Waals surface area contributed by atoms with Crippen molar-refractivity contribution in [2.75, 3.05) is 0 Å². The van der Waals surface area contributed by atoms with Gasteiger partial charge in [-0.1, -0.05) is 0 Å². The van der Waals surface area contributed by atoms with Gasteiger partial charge in [-0.05, 0) is 30.6 Å². The molecule has 0 amide bonds. The van der Waals surface area contributed by atoms with Crippen LogP contribution in [-0.4, -0.2) is 21.4 Å². The van der Waals surface area contributed by atoms with Crippen molar-refractivity contribution in [3.63, 3.8) is 0 Å². The number of nitrogens with two attached hydrogens (primary N) is 1. The third-order valence-electron chi connectivity index (χ3n) is 2.49. The Hall–Kier alpha value is -1.14. The Morgan fingerprint density at radius 3 is 3.36 bits per heavy atom. The number of rotatable bonds is 1. The van der Waals surface area contributed by atoms with E-state index in [0.717, 1.165) is 19.3 Å². The zero-order valence-electron chi connectivity index (χ0n) is 7.71. The number of fused-ring (bicyclic) bond motifs is 1. The van der Waals surface area contributed by atoms with E-state index in [9.17, 15) is 0 Å². The summed E-state index contributed by atoms with van der Waals surface area (Å²) in [4.78, 5) is 0. The van der Waals surface area contributed by atoms with E-state index in [-0.39, 0.29) is 0 Å². The van der Waals surface area contributed by atoms with E-state index in [0.29, 0.717) is 11.2 Å². The monoisotopic (exact) mass is 211 g/mol. The molecule has 5 nitrogen and oxygen atoms in total. The van der Waals surface area contributed by atoms with Gasteiger partial charge in [0, 0.05) is 18.2 Å². The van der Waals surface area contributed by atoms with Crippen LogP contribution in [0.4, 0.5) is 0 Å². The number of hydrogen-bond acceptors (Lipinski definition) is 3. The summed E-state index contributed by atoms with van der Waals surface area (Å²) >= 11 is 4.94. The molecule has 5 N–H and O–H groups in total. The Bertz CT molecular complexity index is 334. The fourth-order valence-electron chi connectivity index (χ4n) is 1.76. The number of aromatic amines is 1. The van der Waals surface area contributed by atoms with Crippen LogP contribution in [0, 0.1) is 0 Å². The fourth-order valence-corrected chi connectivity index (χ4v) is 1.93. The Morgan fingerprint density at radius 1 is 1.71 bits per heavy atom. The molecule has 1 aromatic heterocycles. The first kappa shape index (κ1) is 9.42. The van der Waals surface area contributed by atoms with Crippen molar-refractivity contribution in [1.29, 1.82) is 0 Å². The Labute approximate surface area is 87.4 Å². The molecule has 0 bridgehead atoms. The van der Waals surface area contributed by atoms with Crippen molar-refractivity contribution in [1.82, 2.24) is 20.9 Å². The topological polar surface area (TPSA) is 78.8 Å². The SMILES string of the molecule is NNC(=S)NC1CCc2cn[nH]c2C1. The summed E-state index contributed by atoms with van der Waals surface area (Å²) in [5, 5.41) is 10.7. The normalized spacial score (nSPS) is 19.9. The second-order valence-corrected chi connectivity index (χ2v) is 3.84. The summed E-state index contributed by atoms with van der Waals surface area (Å²) in [7, 11) is 0. The molecule has 0 aromatic carbocycles. The molecule has 1 aliphatic carbocycles. The molecule has 1 unspecified atom stereocenters. The lowest BCUT2D eigenvalue weighted by atomic mass is 9.94. The molecular formula is C8H13N5S. The summed E-state index contributed by atoms with van der Waals surface area (Å²) in [6.45, 7) is 0. The molecule has 1 aromatic rings. The highest BCUT2D eigenvalue weighted by molar-refractivity contribution is 7.80. The van der Waals surface area contributed by atoms with Crippen LogP contribution in [0.1, 0.15) is 17.7 Å². The van der Waals surface area contributed by atoms with Gasteiger partial charge in [-0.2, -0.15) is 5.10 Å². The average Bonchev–Trinajstić information content (AvgIpc) is 2.64. The summed E-state index contributed by atoms with van der Waals surface area (Å²) in [6.07, 6.45) is 4.92. The molecular weight excluding hydrogens is 198 g/mol. The lowest BCUT2D eigenvalue weighted by molar-refractivity contribution is 0.520. The molecule has 2 rings (SSSR count). The molecule has 0 fully saturated rings. The van der Waals surface area contributed by atoms with Crippen LogP contribution in [0.25, 0.3) is 0 Å². The summed E-state index contributed by atoms with van der Waals surface area (Å²) < 4.78 is 0. The second kappa shape index (κ2) is 3.93. The summed E-state index contributed by atoms with van der Waals surface area (Å²) in [6, 6.07) is 0.353. The van der Waals surface area contributed by atoms with Crippen LogP contribution < -0.4 is 16.6 Å². The number of nitrogens with one attached hydrogen (secondary N) is 3. The van der Waals surface area contributed by atoms with Crippen LogP contribution >= 0.6 is 12.2 Å². The van der Waals surface area contributed by atoms with E-state index in [1.807, 2.05) is 6.20 Å². The molecule has 76 valence electrons. The number of H-pyrrole nitrogens is 1. The smallest absolute Gasteiger partial charge is 0.180 e. The fraction of sp³-hybridized carbons (Fsp3) is 0.500. The van der Waals surface area contributed by atoms with Gasteiger partial charge < -0.3 is 10.7 Å². The quantitative estimate of drug-likeness (QED) is 0.289. The van der Waals surface area contributed by atoms with E-state index in [2.05, 4.69) is 20.9 Å². The Morgan fingerprint density at radius 2 is 2.57 bits per heavy atom. The van der Waals surface area contributed by atoms with Crippen LogP contribution in [0.2, 0.25) is 0 Å². The molecule has 0 spiro atoms. The van der Waals surface area contributed by atoms with Crippen LogP contribution in [-0.2, 0) is 12.8 Å². The molecule has 0 radical (unpaired) electrons. The van der Waals surface area contributed by atoms with E-state index < -0.39 is 0 Å². The van der Waals surface area contributed by atoms with Crippen LogP contribution in [0.15, 0.2) is 6.20 Å². The molecule has 1 heterocycles. The molecule has 0 saturated carbocycles. The zero-order valence-corrected chi connectivity index (χ0v) is 8.53. The molecule has 14 heavy (non-hydrogen) atoms. The third-order valence-corrected chi connectivity index (χ3v) is 2.72. The van der Waals surface area contributed by atoms with Crippen molar-refractivity contribution in [3.8, 4) is 0 Å². The molecule has 0 aliphatic heterocycles. The zero-order chi connectivity index (χ0) is 9.97. The van der Waals surface area contributed by atoms with Crippen molar-refractivity contribution in [2.24, 2.45) is 5.84 Å². The summed E-state index contributed by atoms with van der Waals surface area (Å²) in [5.74, 6) is 5.19. The number of hydrazine groups is 1. The molecule has 0 saturated heterocycles. The van der Waals surface area contributed by atoms with Gasteiger partial charge in [0.25, 0.3) is 0 Å². The maximum absolute atomic E-state index is 5.19. The Balaban J connectivity index is 1.97. The highest BCUT2D eigenvalue weighted by Crippen LogP contribution is 2.18. The highest BCUT2D eigenvalue weighted by atomic mass is 32.1. The van der Waals surface area contributed by atoms with Gasteiger partial charge >= 0.3 is 0 Å². The maximum Gasteiger partial charge on any atom is 0.180 e. The van der Waals surface area contributed by atoms with Gasteiger partial charge in [0.2, 0.25) is 0 Å². The van der Waals surface area contributed by atoms with E-state index >= 15 is 0 Å². The molecule has 1 atom stereocenters. The minimum atomic E-state index is 0.353. The minimum absolute atomic E-state index is 0.353. The van der Waals surface area contributed by atoms with Gasteiger partial charge in [0.15, 0.2) is 5.11 Å². The maximum atomic E-state index is 5.19. The van der Waals surface area contributed by atoms with E-state index in [1.54, 1.807) is 0 Å². The first-order chi connectivity index (χ1) is 6.79. The second-order valence-electron chi connectivity index (χ2n) is 3.43. The van der Waals surface area contributed by atoms with Gasteiger partial charge in [-0.3, -0.25) is 5.10 Å². The highest BCUT2D eigenvalue weighted by Gasteiger charge is 2.20. The van der Waals surface area contributed by atoms with Gasteiger partial charge in [0.1, 0.15) is 0 Å². The van der Waals surface area contributed by atoms with Crippen molar-refractivity contribution >= 4 is 17.3 Å². The molecule has 6 heteroatoms. The number of aromatic nitrogens is 2. The minimum Gasteiger partial charge on any atom is -0.359 e. The first-order valence-electron chi connectivity index (χ1n) is 4.58. The predicted octanol–water partition coefficient (Wildman–Crippen LogP) is -0.395. The van der Waals surface area contributed by atoms with Crippen LogP contribution in [0.3, 0.4) is 0 Å². The lowest BCUT2D eigenvalue weighted by Gasteiger charge is -2.23. The first-order valence-corrected chi connectivity index (χ1v) is 4.98. The Kier molecular flexibility index (Phi) is 2.64. The predicted molar refractivity (Wildman–Crippen MR) is 57.5 cm³/mol. The van der Waals surface area contributed by atoms with Crippen molar-refractivity contribution < 1.29 is 0 Å².